The summed E-state index contributed by atoms with van der Waals surface area (Å²) in [5.74, 6) is 1.13. The normalized spacial score (nSPS) is 23.5. The molecular formula is C30H34N6O2. The Labute approximate surface area is 222 Å². The number of aromatic hydroxyl groups is 1. The second-order valence-corrected chi connectivity index (χ2v) is 11.2. The summed E-state index contributed by atoms with van der Waals surface area (Å²) in [5.41, 5.74) is 3.44. The number of nitrogens with zero attached hydrogens (tertiary/aromatic N) is 5. The first-order valence-electron chi connectivity index (χ1n) is 13.8. The molecule has 2 bridgehead atoms. The van der Waals surface area contributed by atoms with Crippen molar-refractivity contribution in [2.24, 2.45) is 0 Å². The van der Waals surface area contributed by atoms with Crippen molar-refractivity contribution in [3.63, 3.8) is 0 Å². The van der Waals surface area contributed by atoms with Gasteiger partial charge in [0.2, 0.25) is 0 Å². The quantitative estimate of drug-likeness (QED) is 0.412. The molecule has 7 rings (SSSR count). The summed E-state index contributed by atoms with van der Waals surface area (Å²) in [6.07, 6.45) is 4.73. The lowest BCUT2D eigenvalue weighted by molar-refractivity contribution is 0.188. The molecule has 2 aromatic carbocycles. The molecule has 0 spiro atoms. The first-order valence-corrected chi connectivity index (χ1v) is 13.8. The molecule has 0 radical (unpaired) electrons. The zero-order chi connectivity index (χ0) is 25.8. The van der Waals surface area contributed by atoms with Gasteiger partial charge < -0.3 is 25.0 Å². The zero-order valence-corrected chi connectivity index (χ0v) is 22.0. The van der Waals surface area contributed by atoms with E-state index in [1.807, 2.05) is 18.2 Å². The first kappa shape index (κ1) is 23.6. The average Bonchev–Trinajstić information content (AvgIpc) is 3.49. The maximum absolute atomic E-state index is 10.5. The summed E-state index contributed by atoms with van der Waals surface area (Å²) in [7, 11) is 2.15. The van der Waals surface area contributed by atoms with Gasteiger partial charge in [-0.15, -0.1) is 0 Å². The maximum atomic E-state index is 10.5. The molecule has 8 nitrogen and oxygen atoms in total. The van der Waals surface area contributed by atoms with Crippen LogP contribution in [0.25, 0.3) is 33.1 Å². The highest BCUT2D eigenvalue weighted by Crippen LogP contribution is 2.36. The third kappa shape index (κ3) is 4.22. The Morgan fingerprint density at radius 3 is 2.66 bits per heavy atom. The summed E-state index contributed by atoms with van der Waals surface area (Å²) in [4.78, 5) is 19.5. The van der Waals surface area contributed by atoms with Crippen molar-refractivity contribution >= 4 is 27.6 Å². The van der Waals surface area contributed by atoms with Crippen LogP contribution in [0.3, 0.4) is 0 Å². The van der Waals surface area contributed by atoms with Crippen LogP contribution in [0, 0.1) is 6.92 Å². The third-order valence-corrected chi connectivity index (χ3v) is 8.56. The van der Waals surface area contributed by atoms with Crippen molar-refractivity contribution < 1.29 is 9.84 Å². The molecule has 38 heavy (non-hydrogen) atoms. The molecular weight excluding hydrogens is 476 g/mol. The SMILES string of the molecule is Cc1cccc2cc(O)cc(-c3ccc4c(N5CC6CCC(C5)N6)nc(OCC5CCCN5C)nc4n3)c12. The predicted molar refractivity (Wildman–Crippen MR) is 150 cm³/mol. The molecule has 3 aliphatic rings. The van der Waals surface area contributed by atoms with Gasteiger partial charge in [-0.2, -0.15) is 9.97 Å². The number of hydrogen-bond donors (Lipinski definition) is 2. The van der Waals surface area contributed by atoms with Crippen LogP contribution in [-0.4, -0.2) is 76.4 Å². The third-order valence-electron chi connectivity index (χ3n) is 8.56. The fraction of sp³-hybridized carbons (Fsp3) is 0.433. The molecule has 4 aromatic rings. The van der Waals surface area contributed by atoms with Crippen molar-refractivity contribution in [1.29, 1.82) is 0 Å². The highest BCUT2D eigenvalue weighted by atomic mass is 16.5. The summed E-state index contributed by atoms with van der Waals surface area (Å²) in [6.45, 7) is 5.61. The molecule has 0 amide bonds. The number of likely N-dealkylation sites (N-methyl/N-ethyl adjacent to an activating group) is 1. The summed E-state index contributed by atoms with van der Waals surface area (Å²) in [6, 6.07) is 15.6. The second kappa shape index (κ2) is 9.36. The lowest BCUT2D eigenvalue weighted by Gasteiger charge is -2.34. The number of rotatable bonds is 5. The number of benzene rings is 2. The Balaban J connectivity index is 1.33. The van der Waals surface area contributed by atoms with Crippen molar-refractivity contribution in [3.8, 4) is 23.0 Å². The predicted octanol–water partition coefficient (Wildman–Crippen LogP) is 4.27. The molecule has 2 N–H and O–H groups in total. The number of aryl methyl sites for hydroxylation is 1. The van der Waals surface area contributed by atoms with Crippen LogP contribution in [0.5, 0.6) is 11.8 Å². The van der Waals surface area contributed by atoms with E-state index in [2.05, 4.69) is 41.2 Å². The van der Waals surface area contributed by atoms with Gasteiger partial charge in [0.05, 0.1) is 11.1 Å². The minimum Gasteiger partial charge on any atom is -0.508 e. The lowest BCUT2D eigenvalue weighted by atomic mass is 9.97. The van der Waals surface area contributed by atoms with E-state index in [1.165, 1.54) is 19.3 Å². The summed E-state index contributed by atoms with van der Waals surface area (Å²) < 4.78 is 6.24. The van der Waals surface area contributed by atoms with Gasteiger partial charge in [-0.25, -0.2) is 4.98 Å². The highest BCUT2D eigenvalue weighted by molar-refractivity contribution is 6.00. The van der Waals surface area contributed by atoms with Gasteiger partial charge in [-0.05, 0) is 86.8 Å². The molecule has 0 aliphatic carbocycles. The second-order valence-electron chi connectivity index (χ2n) is 11.2. The number of phenols is 1. The van der Waals surface area contributed by atoms with E-state index in [0.717, 1.165) is 64.9 Å². The van der Waals surface area contributed by atoms with E-state index >= 15 is 0 Å². The smallest absolute Gasteiger partial charge is 0.320 e. The van der Waals surface area contributed by atoms with Gasteiger partial charge >= 0.3 is 6.01 Å². The van der Waals surface area contributed by atoms with Gasteiger partial charge in [-0.1, -0.05) is 18.2 Å². The number of likely N-dealkylation sites (tertiary alicyclic amines) is 1. The first-order chi connectivity index (χ1) is 18.5. The monoisotopic (exact) mass is 510 g/mol. The average molecular weight is 511 g/mol. The fourth-order valence-corrected chi connectivity index (χ4v) is 6.56. The zero-order valence-electron chi connectivity index (χ0n) is 22.0. The Morgan fingerprint density at radius 2 is 1.87 bits per heavy atom. The Morgan fingerprint density at radius 1 is 1.03 bits per heavy atom. The molecule has 2 aromatic heterocycles. The maximum Gasteiger partial charge on any atom is 0.320 e. The molecule has 0 saturated carbocycles. The van der Waals surface area contributed by atoms with E-state index in [-0.39, 0.29) is 5.75 Å². The van der Waals surface area contributed by atoms with Gasteiger partial charge in [0.1, 0.15) is 18.2 Å². The minimum atomic E-state index is 0.226. The van der Waals surface area contributed by atoms with Crippen LogP contribution in [0.15, 0.2) is 42.5 Å². The van der Waals surface area contributed by atoms with Crippen LogP contribution < -0.4 is 15.0 Å². The molecule has 3 fully saturated rings. The number of piperazine rings is 1. The number of phenolic OH excluding ortho intramolecular Hbond substituents is 1. The molecule has 3 aliphatic heterocycles. The molecule has 8 heteroatoms. The van der Waals surface area contributed by atoms with Crippen LogP contribution in [-0.2, 0) is 0 Å². The van der Waals surface area contributed by atoms with Crippen LogP contribution in [0.2, 0.25) is 0 Å². The number of ether oxygens (including phenoxy) is 1. The number of aromatic nitrogens is 3. The number of fused-ring (bicyclic) bond motifs is 4. The number of nitrogens with one attached hydrogen (secondary N) is 1. The highest BCUT2D eigenvalue weighted by Gasteiger charge is 2.34. The number of pyridine rings is 1. The topological polar surface area (TPSA) is 86.6 Å². The molecule has 5 heterocycles. The van der Waals surface area contributed by atoms with Crippen molar-refractivity contribution in [1.82, 2.24) is 25.2 Å². The molecule has 3 atom stereocenters. The summed E-state index contributed by atoms with van der Waals surface area (Å²) in [5, 5.41) is 17.2. The Kier molecular flexibility index (Phi) is 5.82. The van der Waals surface area contributed by atoms with E-state index in [1.54, 1.807) is 12.1 Å². The largest absolute Gasteiger partial charge is 0.508 e. The number of anilines is 1. The minimum absolute atomic E-state index is 0.226. The van der Waals surface area contributed by atoms with Crippen molar-refractivity contribution in [2.75, 3.05) is 38.2 Å². The van der Waals surface area contributed by atoms with E-state index < -0.39 is 0 Å². The van der Waals surface area contributed by atoms with E-state index in [9.17, 15) is 5.11 Å². The Hall–Kier alpha value is -3.49. The van der Waals surface area contributed by atoms with E-state index in [4.69, 9.17) is 19.7 Å². The van der Waals surface area contributed by atoms with E-state index in [0.29, 0.717) is 36.4 Å². The van der Waals surface area contributed by atoms with Crippen LogP contribution in [0.4, 0.5) is 5.82 Å². The van der Waals surface area contributed by atoms with Crippen LogP contribution in [0.1, 0.15) is 31.2 Å². The van der Waals surface area contributed by atoms with Gasteiger partial charge in [0.25, 0.3) is 0 Å². The fourth-order valence-electron chi connectivity index (χ4n) is 6.56. The van der Waals surface area contributed by atoms with Gasteiger partial charge in [0, 0.05) is 36.8 Å². The summed E-state index contributed by atoms with van der Waals surface area (Å²) >= 11 is 0. The standard InChI is InChI=1S/C30H34N6O2/c1-18-5-3-6-19-13-23(37)14-25(27(18)19)26-11-10-24-28(32-26)33-30(38-17-22-7-4-12-35(22)2)34-29(24)36-15-20-8-9-21(16-36)31-20/h3,5-6,10-11,13-14,20-22,31,37H,4,7-9,12,15-17H2,1-2H3. The molecule has 196 valence electrons. The van der Waals surface area contributed by atoms with Crippen molar-refractivity contribution in [3.05, 3.63) is 48.0 Å². The van der Waals surface area contributed by atoms with Crippen molar-refractivity contribution in [2.45, 2.75) is 50.7 Å². The van der Waals surface area contributed by atoms with Crippen LogP contribution >= 0.6 is 0 Å². The Bertz CT molecular complexity index is 1510. The van der Waals surface area contributed by atoms with Gasteiger partial charge in [-0.3, -0.25) is 0 Å². The van der Waals surface area contributed by atoms with Gasteiger partial charge in [0.15, 0.2) is 5.65 Å². The lowest BCUT2D eigenvalue weighted by Crippen LogP contribution is -2.51. The molecule has 3 unspecified atom stereocenters. The molecule has 3 saturated heterocycles. The number of hydrogen-bond acceptors (Lipinski definition) is 8.